The third kappa shape index (κ3) is 5.14. The predicted molar refractivity (Wildman–Crippen MR) is 99.3 cm³/mol. The van der Waals surface area contributed by atoms with Crippen LogP contribution in [0.15, 0.2) is 48.5 Å². The van der Waals surface area contributed by atoms with Gasteiger partial charge in [0.15, 0.2) is 11.5 Å². The van der Waals surface area contributed by atoms with Gasteiger partial charge in [0, 0.05) is 6.54 Å². The summed E-state index contributed by atoms with van der Waals surface area (Å²) in [5.74, 6) is 1.30. The fraction of sp³-hybridized carbons (Fsp3) is 0.350. The third-order valence-electron chi connectivity index (χ3n) is 4.07. The Morgan fingerprint density at radius 3 is 2.32 bits per heavy atom. The first-order chi connectivity index (χ1) is 12.0. The lowest BCUT2D eigenvalue weighted by atomic mass is 9.94. The van der Waals surface area contributed by atoms with E-state index < -0.39 is 5.54 Å². The van der Waals surface area contributed by atoms with Crippen molar-refractivity contribution in [3.63, 3.8) is 0 Å². The largest absolute Gasteiger partial charge is 0.493 e. The van der Waals surface area contributed by atoms with Gasteiger partial charge in [-0.25, -0.2) is 4.79 Å². The first-order valence-corrected chi connectivity index (χ1v) is 8.28. The van der Waals surface area contributed by atoms with E-state index in [1.165, 1.54) is 5.56 Å². The van der Waals surface area contributed by atoms with Gasteiger partial charge in [0.05, 0.1) is 19.8 Å². The van der Waals surface area contributed by atoms with Crippen molar-refractivity contribution in [3.05, 3.63) is 59.7 Å². The second-order valence-corrected chi connectivity index (χ2v) is 6.31. The quantitative estimate of drug-likeness (QED) is 0.810. The van der Waals surface area contributed by atoms with Crippen LogP contribution in [0.5, 0.6) is 11.5 Å². The summed E-state index contributed by atoms with van der Waals surface area (Å²) in [6.07, 6.45) is 0.797. The lowest BCUT2D eigenvalue weighted by molar-refractivity contribution is 0.230. The number of carbonyl (C=O) groups excluding carboxylic acids is 1. The van der Waals surface area contributed by atoms with E-state index in [1.807, 2.05) is 62.4 Å². The number of rotatable bonds is 7. The Morgan fingerprint density at radius 1 is 1.00 bits per heavy atom. The van der Waals surface area contributed by atoms with Crippen molar-refractivity contribution in [3.8, 4) is 11.5 Å². The molecule has 25 heavy (non-hydrogen) atoms. The number of carbonyl (C=O) groups is 1. The molecule has 0 saturated heterocycles. The fourth-order valence-electron chi connectivity index (χ4n) is 2.59. The van der Waals surface area contributed by atoms with Crippen molar-refractivity contribution in [1.82, 2.24) is 10.6 Å². The van der Waals surface area contributed by atoms with Crippen LogP contribution in [0.1, 0.15) is 25.0 Å². The second kappa shape index (κ2) is 8.42. The standard InChI is InChI=1S/C20H26N2O3/c1-20(2,16-10-11-17(24-3)18(14-16)25-4)22-19(23)21-13-12-15-8-6-5-7-9-15/h5-11,14H,12-13H2,1-4H3,(H2,21,22,23). The Labute approximate surface area is 149 Å². The molecule has 2 rings (SSSR count). The van der Waals surface area contributed by atoms with Gasteiger partial charge in [-0.05, 0) is 43.5 Å². The number of hydrogen-bond donors (Lipinski definition) is 2. The molecule has 2 aromatic rings. The number of benzene rings is 2. The molecule has 0 aliphatic carbocycles. The molecule has 0 radical (unpaired) electrons. The molecule has 5 nitrogen and oxygen atoms in total. The molecule has 2 N–H and O–H groups in total. The smallest absolute Gasteiger partial charge is 0.315 e. The van der Waals surface area contributed by atoms with E-state index in [9.17, 15) is 4.79 Å². The average Bonchev–Trinajstić information content (AvgIpc) is 2.61. The van der Waals surface area contributed by atoms with Gasteiger partial charge in [0.2, 0.25) is 0 Å². The minimum atomic E-state index is -0.545. The van der Waals surface area contributed by atoms with Crippen molar-refractivity contribution >= 4 is 6.03 Å². The molecule has 2 amide bonds. The minimum Gasteiger partial charge on any atom is -0.493 e. The van der Waals surface area contributed by atoms with E-state index in [1.54, 1.807) is 14.2 Å². The van der Waals surface area contributed by atoms with Crippen molar-refractivity contribution in [2.24, 2.45) is 0 Å². The van der Waals surface area contributed by atoms with Crippen LogP contribution in [-0.4, -0.2) is 26.8 Å². The molecule has 0 unspecified atom stereocenters. The van der Waals surface area contributed by atoms with Gasteiger partial charge < -0.3 is 20.1 Å². The number of hydrogen-bond acceptors (Lipinski definition) is 3. The zero-order valence-electron chi connectivity index (χ0n) is 15.3. The van der Waals surface area contributed by atoms with E-state index in [-0.39, 0.29) is 6.03 Å². The summed E-state index contributed by atoms with van der Waals surface area (Å²) < 4.78 is 10.6. The Balaban J connectivity index is 1.94. The number of methoxy groups -OCH3 is 2. The molecule has 0 aromatic heterocycles. The average molecular weight is 342 g/mol. The van der Waals surface area contributed by atoms with Gasteiger partial charge in [-0.15, -0.1) is 0 Å². The maximum Gasteiger partial charge on any atom is 0.315 e. The molecule has 5 heteroatoms. The number of urea groups is 1. The Bertz CT molecular complexity index is 699. The Morgan fingerprint density at radius 2 is 1.68 bits per heavy atom. The molecule has 0 fully saturated rings. The monoisotopic (exact) mass is 342 g/mol. The van der Waals surface area contributed by atoms with Crippen LogP contribution in [0.2, 0.25) is 0 Å². The normalized spacial score (nSPS) is 10.9. The highest BCUT2D eigenvalue weighted by Gasteiger charge is 2.24. The zero-order chi connectivity index (χ0) is 18.3. The van der Waals surface area contributed by atoms with Gasteiger partial charge in [-0.1, -0.05) is 36.4 Å². The lowest BCUT2D eigenvalue weighted by Gasteiger charge is -2.27. The van der Waals surface area contributed by atoms with E-state index in [4.69, 9.17) is 9.47 Å². The number of nitrogens with one attached hydrogen (secondary N) is 2. The Kier molecular flexibility index (Phi) is 6.28. The minimum absolute atomic E-state index is 0.198. The molecular weight excluding hydrogens is 316 g/mol. The molecule has 134 valence electrons. The van der Waals surface area contributed by atoms with Crippen LogP contribution in [0, 0.1) is 0 Å². The first-order valence-electron chi connectivity index (χ1n) is 8.28. The van der Waals surface area contributed by atoms with E-state index in [0.29, 0.717) is 18.0 Å². The summed E-state index contributed by atoms with van der Waals surface area (Å²) in [7, 11) is 3.19. The molecule has 0 aliphatic heterocycles. The highest BCUT2D eigenvalue weighted by atomic mass is 16.5. The molecule has 0 aliphatic rings. The van der Waals surface area contributed by atoms with Crippen LogP contribution in [0.25, 0.3) is 0 Å². The van der Waals surface area contributed by atoms with Gasteiger partial charge in [-0.2, -0.15) is 0 Å². The van der Waals surface area contributed by atoms with E-state index in [0.717, 1.165) is 12.0 Å². The SMILES string of the molecule is COc1ccc(C(C)(C)NC(=O)NCCc2ccccc2)cc1OC. The molecule has 0 saturated carbocycles. The summed E-state index contributed by atoms with van der Waals surface area (Å²) >= 11 is 0. The first kappa shape index (κ1) is 18.6. The van der Waals surface area contributed by atoms with Gasteiger partial charge in [0.25, 0.3) is 0 Å². The number of ether oxygens (including phenoxy) is 2. The van der Waals surface area contributed by atoms with Gasteiger partial charge in [-0.3, -0.25) is 0 Å². The molecule has 0 heterocycles. The second-order valence-electron chi connectivity index (χ2n) is 6.31. The highest BCUT2D eigenvalue weighted by molar-refractivity contribution is 5.75. The van der Waals surface area contributed by atoms with Crippen LogP contribution in [0.4, 0.5) is 4.79 Å². The van der Waals surface area contributed by atoms with Crippen molar-refractivity contribution in [1.29, 1.82) is 0 Å². The predicted octanol–water partition coefficient (Wildman–Crippen LogP) is 3.48. The Hall–Kier alpha value is -2.69. The fourth-order valence-corrected chi connectivity index (χ4v) is 2.59. The molecule has 0 atom stereocenters. The zero-order valence-corrected chi connectivity index (χ0v) is 15.3. The van der Waals surface area contributed by atoms with E-state index >= 15 is 0 Å². The van der Waals surface area contributed by atoms with Crippen LogP contribution >= 0.6 is 0 Å². The molecular formula is C20H26N2O3. The topological polar surface area (TPSA) is 59.6 Å². The number of amides is 2. The highest BCUT2D eigenvalue weighted by Crippen LogP contribution is 2.31. The van der Waals surface area contributed by atoms with Crippen LogP contribution in [-0.2, 0) is 12.0 Å². The summed E-state index contributed by atoms with van der Waals surface area (Å²) in [5.41, 5.74) is 1.58. The van der Waals surface area contributed by atoms with Crippen LogP contribution in [0.3, 0.4) is 0 Å². The van der Waals surface area contributed by atoms with Crippen molar-refractivity contribution < 1.29 is 14.3 Å². The summed E-state index contributed by atoms with van der Waals surface area (Å²) in [5, 5.41) is 5.90. The molecule has 0 spiro atoms. The third-order valence-corrected chi connectivity index (χ3v) is 4.07. The summed E-state index contributed by atoms with van der Waals surface area (Å²) in [6, 6.07) is 15.5. The maximum absolute atomic E-state index is 12.2. The molecule has 0 bridgehead atoms. The maximum atomic E-state index is 12.2. The lowest BCUT2D eigenvalue weighted by Crippen LogP contribution is -2.46. The van der Waals surface area contributed by atoms with Crippen molar-refractivity contribution in [2.45, 2.75) is 25.8 Å². The summed E-state index contributed by atoms with van der Waals surface area (Å²) in [4.78, 5) is 12.2. The van der Waals surface area contributed by atoms with Crippen LogP contribution < -0.4 is 20.1 Å². The van der Waals surface area contributed by atoms with E-state index in [2.05, 4.69) is 10.6 Å². The summed E-state index contributed by atoms with van der Waals surface area (Å²) in [6.45, 7) is 4.48. The molecule has 2 aromatic carbocycles. The van der Waals surface area contributed by atoms with Gasteiger partial charge in [0.1, 0.15) is 0 Å². The van der Waals surface area contributed by atoms with Gasteiger partial charge >= 0.3 is 6.03 Å². The van der Waals surface area contributed by atoms with Crippen molar-refractivity contribution in [2.75, 3.05) is 20.8 Å².